The number of rotatable bonds is 1. The van der Waals surface area contributed by atoms with E-state index in [9.17, 15) is 9.59 Å². The zero-order valence-corrected chi connectivity index (χ0v) is 14.7. The van der Waals surface area contributed by atoms with E-state index < -0.39 is 8.65 Å². The predicted molar refractivity (Wildman–Crippen MR) is 80.8 cm³/mol. The first-order chi connectivity index (χ1) is 8.08. The number of Topliss-reactive ketones (excluding diaryl/α,β-unsaturated/α-hetero) is 1. The van der Waals surface area contributed by atoms with E-state index in [1.54, 1.807) is 16.7 Å². The van der Waals surface area contributed by atoms with Crippen molar-refractivity contribution in [2.45, 2.75) is 36.3 Å². The van der Waals surface area contributed by atoms with Gasteiger partial charge in [0.2, 0.25) is 0 Å². The minimum atomic E-state index is -0.714. The lowest BCUT2D eigenvalue weighted by Gasteiger charge is -2.53. The summed E-state index contributed by atoms with van der Waals surface area (Å²) >= 11 is 8.44. The zero-order chi connectivity index (χ0) is 13.9. The molecule has 0 spiro atoms. The molecular weight excluding hydrogens is 382 g/mol. The van der Waals surface area contributed by atoms with Gasteiger partial charge in [-0.25, -0.2) is 0 Å². The highest BCUT2D eigenvalue weighted by Crippen LogP contribution is 2.54. The third-order valence-electron chi connectivity index (χ3n) is 3.05. The molecule has 2 heterocycles. The van der Waals surface area contributed by atoms with Crippen LogP contribution in [0.2, 0.25) is 0 Å². The molecule has 18 heavy (non-hydrogen) atoms. The minimum Gasteiger partial charge on any atom is -0.292 e. The molecule has 2 aliphatic rings. The van der Waals surface area contributed by atoms with E-state index in [0.29, 0.717) is 5.70 Å². The highest BCUT2D eigenvalue weighted by molar-refractivity contribution is 9.26. The molecule has 0 unspecified atom stereocenters. The summed E-state index contributed by atoms with van der Waals surface area (Å²) < 4.78 is -0.714. The first-order valence-electron chi connectivity index (χ1n) is 5.66. The van der Waals surface area contributed by atoms with Crippen molar-refractivity contribution in [3.05, 3.63) is 11.3 Å². The number of fused-ring (bicyclic) bond motifs is 1. The van der Waals surface area contributed by atoms with E-state index in [4.69, 9.17) is 0 Å². The van der Waals surface area contributed by atoms with Gasteiger partial charge in [-0.1, -0.05) is 52.6 Å². The highest BCUT2D eigenvalue weighted by Gasteiger charge is 2.62. The summed E-state index contributed by atoms with van der Waals surface area (Å²) in [7, 11) is 0. The fourth-order valence-corrected chi connectivity index (χ4v) is 4.79. The van der Waals surface area contributed by atoms with Crippen molar-refractivity contribution < 1.29 is 9.59 Å². The number of allylic oxidation sites excluding steroid dienone is 1. The third kappa shape index (κ3) is 2.00. The maximum absolute atomic E-state index is 12.5. The lowest BCUT2D eigenvalue weighted by atomic mass is 9.86. The van der Waals surface area contributed by atoms with Crippen LogP contribution in [-0.4, -0.2) is 31.0 Å². The molecule has 0 bridgehead atoms. The molecule has 1 amide bonds. The van der Waals surface area contributed by atoms with Crippen molar-refractivity contribution in [2.24, 2.45) is 5.41 Å². The standard InChI is InChI=1S/C12H15Br2NO2S/c1-6-5-18-10-12(13,14)9(17)15(10)7(6)8(16)11(2,3)4/h10H,5H2,1-4H3/t10-/m1/s1. The monoisotopic (exact) mass is 395 g/mol. The van der Waals surface area contributed by atoms with Gasteiger partial charge in [0.15, 0.2) is 9.02 Å². The molecule has 0 N–H and O–H groups in total. The molecule has 1 saturated heterocycles. The van der Waals surface area contributed by atoms with E-state index in [1.807, 2.05) is 27.7 Å². The number of carbonyl (C=O) groups excluding carboxylic acids is 2. The second-order valence-electron chi connectivity index (χ2n) is 5.67. The average Bonchev–Trinajstić information content (AvgIpc) is 2.25. The van der Waals surface area contributed by atoms with Crippen molar-refractivity contribution in [1.29, 1.82) is 0 Å². The maximum Gasteiger partial charge on any atom is 0.258 e. The molecule has 0 saturated carbocycles. The number of halogens is 2. The van der Waals surface area contributed by atoms with Gasteiger partial charge in [0.25, 0.3) is 5.91 Å². The van der Waals surface area contributed by atoms with Crippen molar-refractivity contribution in [2.75, 3.05) is 5.75 Å². The van der Waals surface area contributed by atoms with Crippen molar-refractivity contribution in [1.82, 2.24) is 4.90 Å². The molecule has 3 nitrogen and oxygen atoms in total. The van der Waals surface area contributed by atoms with Crippen LogP contribution in [0.4, 0.5) is 0 Å². The fourth-order valence-electron chi connectivity index (χ4n) is 2.00. The Kier molecular flexibility index (Phi) is 3.53. The Hall–Kier alpha value is 0.190. The lowest BCUT2D eigenvalue weighted by molar-refractivity contribution is -0.142. The molecule has 100 valence electrons. The quantitative estimate of drug-likeness (QED) is 0.504. The molecule has 6 heteroatoms. The lowest BCUT2D eigenvalue weighted by Crippen LogP contribution is -2.68. The van der Waals surface area contributed by atoms with Crippen LogP contribution in [0.5, 0.6) is 0 Å². The van der Waals surface area contributed by atoms with Crippen LogP contribution in [0.3, 0.4) is 0 Å². The molecule has 0 radical (unpaired) electrons. The summed E-state index contributed by atoms with van der Waals surface area (Å²) in [5, 5.41) is -0.0463. The van der Waals surface area contributed by atoms with Gasteiger partial charge in [-0.2, -0.15) is 0 Å². The van der Waals surface area contributed by atoms with Crippen molar-refractivity contribution in [3.63, 3.8) is 0 Å². The molecule has 1 atom stereocenters. The minimum absolute atomic E-state index is 0.0363. The van der Waals surface area contributed by atoms with Crippen LogP contribution in [0.1, 0.15) is 27.7 Å². The van der Waals surface area contributed by atoms with Gasteiger partial charge >= 0.3 is 0 Å². The summed E-state index contributed by atoms with van der Waals surface area (Å²) in [6, 6.07) is 0. The van der Waals surface area contributed by atoms with E-state index in [-0.39, 0.29) is 17.1 Å². The third-order valence-corrected chi connectivity index (χ3v) is 6.68. The number of nitrogens with zero attached hydrogens (tertiary/aromatic N) is 1. The van der Waals surface area contributed by atoms with E-state index >= 15 is 0 Å². The number of β-lactam (4-membered cyclic amide) rings is 1. The Morgan fingerprint density at radius 3 is 2.50 bits per heavy atom. The second kappa shape index (κ2) is 4.35. The second-order valence-corrected chi connectivity index (χ2v) is 10.3. The Balaban J connectivity index is 2.41. The zero-order valence-electron chi connectivity index (χ0n) is 10.7. The van der Waals surface area contributed by atoms with Gasteiger partial charge in [-0.15, -0.1) is 11.8 Å². The topological polar surface area (TPSA) is 37.4 Å². The van der Waals surface area contributed by atoms with Crippen LogP contribution >= 0.6 is 43.6 Å². The van der Waals surface area contributed by atoms with Crippen LogP contribution in [-0.2, 0) is 9.59 Å². The SMILES string of the molecule is CC1=C(C(=O)C(C)(C)C)N2C(=O)C(Br)(Br)[C@H]2SC1. The molecule has 2 aliphatic heterocycles. The number of carbonyl (C=O) groups is 2. The number of amides is 1. The Morgan fingerprint density at radius 2 is 2.00 bits per heavy atom. The van der Waals surface area contributed by atoms with Gasteiger partial charge in [-0.05, 0) is 12.5 Å². The molecule has 0 aromatic rings. The molecule has 2 rings (SSSR count). The molecule has 0 aromatic heterocycles. The Morgan fingerprint density at radius 1 is 1.44 bits per heavy atom. The van der Waals surface area contributed by atoms with Crippen LogP contribution in [0.25, 0.3) is 0 Å². The number of hydrogen-bond donors (Lipinski definition) is 0. The maximum atomic E-state index is 12.5. The smallest absolute Gasteiger partial charge is 0.258 e. The largest absolute Gasteiger partial charge is 0.292 e. The predicted octanol–water partition coefficient (Wildman–Crippen LogP) is 3.28. The molecular formula is C12H15Br2NO2S. The van der Waals surface area contributed by atoms with Gasteiger partial charge in [-0.3, -0.25) is 14.5 Å². The van der Waals surface area contributed by atoms with E-state index in [1.165, 1.54) is 0 Å². The van der Waals surface area contributed by atoms with Crippen LogP contribution in [0.15, 0.2) is 11.3 Å². The van der Waals surface area contributed by atoms with Gasteiger partial charge in [0.1, 0.15) is 5.37 Å². The number of hydrogen-bond acceptors (Lipinski definition) is 3. The number of alkyl halides is 2. The summed E-state index contributed by atoms with van der Waals surface area (Å²) in [6.07, 6.45) is 0. The first-order valence-corrected chi connectivity index (χ1v) is 8.29. The van der Waals surface area contributed by atoms with Crippen molar-refractivity contribution >= 4 is 55.3 Å². The van der Waals surface area contributed by atoms with E-state index in [0.717, 1.165) is 11.3 Å². The fraction of sp³-hybridized carbons (Fsp3) is 0.667. The average molecular weight is 397 g/mol. The highest BCUT2D eigenvalue weighted by atomic mass is 79.9. The van der Waals surface area contributed by atoms with Gasteiger partial charge in [0.05, 0.1) is 5.70 Å². The Bertz CT molecular complexity index is 465. The summed E-state index contributed by atoms with van der Waals surface area (Å²) in [5.41, 5.74) is 1.10. The summed E-state index contributed by atoms with van der Waals surface area (Å²) in [5.74, 6) is 0.727. The summed E-state index contributed by atoms with van der Waals surface area (Å²) in [4.78, 5) is 26.2. The number of thioether (sulfide) groups is 1. The number of ketones is 1. The molecule has 0 aliphatic carbocycles. The van der Waals surface area contributed by atoms with Crippen molar-refractivity contribution in [3.8, 4) is 0 Å². The first kappa shape index (κ1) is 14.6. The molecule has 1 fully saturated rings. The molecule has 0 aromatic carbocycles. The Labute approximate surface area is 128 Å². The van der Waals surface area contributed by atoms with Crippen LogP contribution in [0, 0.1) is 5.41 Å². The van der Waals surface area contributed by atoms with E-state index in [2.05, 4.69) is 31.9 Å². The van der Waals surface area contributed by atoms with Crippen LogP contribution < -0.4 is 0 Å². The summed E-state index contributed by atoms with van der Waals surface area (Å²) in [6.45, 7) is 7.57. The normalized spacial score (nSPS) is 26.9. The van der Waals surface area contributed by atoms with Gasteiger partial charge in [0, 0.05) is 11.2 Å². The van der Waals surface area contributed by atoms with Gasteiger partial charge < -0.3 is 0 Å².